The van der Waals surface area contributed by atoms with Crippen LogP contribution in [-0.2, 0) is 21.0 Å². The number of benzene rings is 2. The predicted molar refractivity (Wildman–Crippen MR) is 111 cm³/mol. The minimum atomic E-state index is -0.192. The lowest BCUT2D eigenvalue weighted by atomic mass is 10.1. The molecule has 0 radical (unpaired) electrons. The van der Waals surface area contributed by atoms with Gasteiger partial charge < -0.3 is 14.3 Å². The molecular formula is C24H27NO4. The zero-order chi connectivity index (χ0) is 20.3. The highest BCUT2D eigenvalue weighted by molar-refractivity contribution is 5.85. The van der Waals surface area contributed by atoms with Gasteiger partial charge in [0.15, 0.2) is 0 Å². The summed E-state index contributed by atoms with van der Waals surface area (Å²) in [6.07, 6.45) is 4.23. The summed E-state index contributed by atoms with van der Waals surface area (Å²) in [5.41, 5.74) is 0.741. The Morgan fingerprint density at radius 2 is 1.86 bits per heavy atom. The van der Waals surface area contributed by atoms with Crippen LogP contribution in [0.2, 0.25) is 0 Å². The lowest BCUT2D eigenvalue weighted by Crippen LogP contribution is -2.10. The number of rotatable bonds is 9. The van der Waals surface area contributed by atoms with E-state index < -0.39 is 0 Å². The molecule has 2 aliphatic carbocycles. The number of hydrogen-bond donors (Lipinski definition) is 0. The second-order valence-electron chi connectivity index (χ2n) is 8.49. The molecule has 0 unspecified atom stereocenters. The summed E-state index contributed by atoms with van der Waals surface area (Å²) >= 11 is 0. The van der Waals surface area contributed by atoms with Crippen molar-refractivity contribution in [3.05, 3.63) is 60.2 Å². The van der Waals surface area contributed by atoms with E-state index in [9.17, 15) is 4.79 Å². The molecule has 5 heteroatoms. The van der Waals surface area contributed by atoms with Gasteiger partial charge in [0.2, 0.25) is 0 Å². The Kier molecular flexibility index (Phi) is 5.56. The lowest BCUT2D eigenvalue weighted by molar-refractivity contribution is -0.147. The molecule has 0 spiro atoms. The van der Waals surface area contributed by atoms with Crippen molar-refractivity contribution in [1.82, 2.24) is 0 Å². The van der Waals surface area contributed by atoms with E-state index in [1.807, 2.05) is 54.6 Å². The van der Waals surface area contributed by atoms with E-state index in [1.165, 1.54) is 12.8 Å². The number of oxime groups is 1. The number of para-hydroxylation sites is 1. The highest BCUT2D eigenvalue weighted by atomic mass is 16.6. The Bertz CT molecular complexity index is 873. The van der Waals surface area contributed by atoms with Gasteiger partial charge in [0, 0.05) is 12.1 Å². The monoisotopic (exact) mass is 393 g/mol. The second-order valence-corrected chi connectivity index (χ2v) is 8.49. The highest BCUT2D eigenvalue weighted by Crippen LogP contribution is 2.57. The molecule has 0 amide bonds. The molecular weight excluding hydrogens is 366 g/mol. The minimum Gasteiger partial charge on any atom is -0.461 e. The molecule has 2 aliphatic rings. The molecule has 5 nitrogen and oxygen atoms in total. The van der Waals surface area contributed by atoms with Crippen LogP contribution in [0.5, 0.6) is 11.5 Å². The van der Waals surface area contributed by atoms with Crippen LogP contribution in [-0.4, -0.2) is 18.8 Å². The van der Waals surface area contributed by atoms with Crippen LogP contribution in [0.15, 0.2) is 59.8 Å². The van der Waals surface area contributed by atoms with Crippen LogP contribution in [0, 0.1) is 23.2 Å². The van der Waals surface area contributed by atoms with E-state index in [4.69, 9.17) is 14.3 Å². The minimum absolute atomic E-state index is 0.0574. The van der Waals surface area contributed by atoms with Crippen molar-refractivity contribution >= 4 is 12.2 Å². The average Bonchev–Trinajstić information content (AvgIpc) is 3.62. The largest absolute Gasteiger partial charge is 0.461 e. The van der Waals surface area contributed by atoms with Crippen molar-refractivity contribution in [2.45, 2.75) is 33.3 Å². The van der Waals surface area contributed by atoms with E-state index >= 15 is 0 Å². The van der Waals surface area contributed by atoms with Gasteiger partial charge in [0.05, 0.1) is 5.92 Å². The van der Waals surface area contributed by atoms with Gasteiger partial charge >= 0.3 is 5.97 Å². The molecule has 0 bridgehead atoms. The molecule has 2 saturated carbocycles. The number of nitrogens with zero attached hydrogens (tertiary/aromatic N) is 1. The van der Waals surface area contributed by atoms with Crippen LogP contribution in [0.1, 0.15) is 32.3 Å². The summed E-state index contributed by atoms with van der Waals surface area (Å²) in [6, 6.07) is 17.2. The number of esters is 1. The Balaban J connectivity index is 1.28. The topological polar surface area (TPSA) is 57.1 Å². The standard InChI is InChI=1S/C24H27NO4/c1-24(2)21(14-25-28-16-17-11-12-17)22(24)23(26)27-15-18-7-6-10-20(13-18)29-19-8-4-3-5-9-19/h3-10,13-14,17,21-22H,11-12,15-16H2,1-2H3/t21-,22-/m0/s1. The van der Waals surface area contributed by atoms with E-state index in [0.717, 1.165) is 11.3 Å². The van der Waals surface area contributed by atoms with Crippen LogP contribution < -0.4 is 4.74 Å². The van der Waals surface area contributed by atoms with Crippen molar-refractivity contribution < 1.29 is 19.1 Å². The normalized spacial score (nSPS) is 22.3. The first-order valence-electron chi connectivity index (χ1n) is 10.2. The molecule has 2 aromatic carbocycles. The molecule has 152 valence electrons. The van der Waals surface area contributed by atoms with Crippen molar-refractivity contribution in [3.63, 3.8) is 0 Å². The molecule has 4 rings (SSSR count). The van der Waals surface area contributed by atoms with Crippen LogP contribution in [0.25, 0.3) is 0 Å². The zero-order valence-electron chi connectivity index (χ0n) is 16.9. The summed E-state index contributed by atoms with van der Waals surface area (Å²) < 4.78 is 11.4. The zero-order valence-corrected chi connectivity index (χ0v) is 16.9. The van der Waals surface area contributed by atoms with Crippen LogP contribution in [0.3, 0.4) is 0 Å². The summed E-state index contributed by atoms with van der Waals surface area (Å²) in [4.78, 5) is 17.9. The van der Waals surface area contributed by atoms with Crippen molar-refractivity contribution in [2.24, 2.45) is 28.3 Å². The average molecular weight is 393 g/mol. The quantitative estimate of drug-likeness (QED) is 0.333. The fraction of sp³-hybridized carbons (Fsp3) is 0.417. The molecule has 2 fully saturated rings. The Hall–Kier alpha value is -2.82. The third-order valence-corrected chi connectivity index (χ3v) is 5.73. The van der Waals surface area contributed by atoms with Gasteiger partial charge in [-0.15, -0.1) is 0 Å². The maximum Gasteiger partial charge on any atom is 0.310 e. The summed E-state index contributed by atoms with van der Waals surface area (Å²) in [5.74, 6) is 1.84. The lowest BCUT2D eigenvalue weighted by Gasteiger charge is -2.09. The molecule has 0 heterocycles. The van der Waals surface area contributed by atoms with Crippen LogP contribution >= 0.6 is 0 Å². The fourth-order valence-electron chi connectivity index (χ4n) is 3.52. The van der Waals surface area contributed by atoms with Crippen molar-refractivity contribution in [1.29, 1.82) is 0 Å². The number of hydrogen-bond acceptors (Lipinski definition) is 5. The Morgan fingerprint density at radius 1 is 1.10 bits per heavy atom. The van der Waals surface area contributed by atoms with Crippen molar-refractivity contribution in [3.8, 4) is 11.5 Å². The molecule has 0 N–H and O–H groups in total. The first-order chi connectivity index (χ1) is 14.0. The van der Waals surface area contributed by atoms with Gasteiger partial charge in [0.25, 0.3) is 0 Å². The third kappa shape index (κ3) is 4.97. The molecule has 29 heavy (non-hydrogen) atoms. The SMILES string of the molecule is CC1(C)[C@H](C(=O)OCc2cccc(Oc3ccccc3)c2)[C@@H]1C=NOCC1CC1. The van der Waals surface area contributed by atoms with Gasteiger partial charge in [-0.1, -0.05) is 49.3 Å². The first kappa shape index (κ1) is 19.5. The molecule has 0 saturated heterocycles. The number of carbonyl (C=O) groups is 1. The fourth-order valence-corrected chi connectivity index (χ4v) is 3.52. The first-order valence-corrected chi connectivity index (χ1v) is 10.2. The van der Waals surface area contributed by atoms with Gasteiger partial charge in [-0.2, -0.15) is 0 Å². The predicted octanol–water partition coefficient (Wildman–Crippen LogP) is 5.21. The Labute approximate surface area is 171 Å². The van der Waals surface area contributed by atoms with E-state index in [0.29, 0.717) is 18.3 Å². The van der Waals surface area contributed by atoms with Gasteiger partial charge in [0.1, 0.15) is 24.7 Å². The third-order valence-electron chi connectivity index (χ3n) is 5.73. The van der Waals surface area contributed by atoms with E-state index in [1.54, 1.807) is 6.21 Å². The second kappa shape index (κ2) is 8.27. The summed E-state index contributed by atoms with van der Waals surface area (Å²) in [7, 11) is 0. The highest BCUT2D eigenvalue weighted by Gasteiger charge is 2.62. The van der Waals surface area contributed by atoms with Gasteiger partial charge in [-0.05, 0) is 54.0 Å². The summed E-state index contributed by atoms with van der Waals surface area (Å²) in [5, 5.41) is 4.06. The molecule has 0 aliphatic heterocycles. The smallest absolute Gasteiger partial charge is 0.310 e. The molecule has 2 aromatic rings. The number of carbonyl (C=O) groups excluding carboxylic acids is 1. The number of ether oxygens (including phenoxy) is 2. The van der Waals surface area contributed by atoms with Crippen LogP contribution in [0.4, 0.5) is 0 Å². The Morgan fingerprint density at radius 3 is 2.62 bits per heavy atom. The maximum atomic E-state index is 12.6. The molecule has 0 aromatic heterocycles. The van der Waals surface area contributed by atoms with E-state index in [-0.39, 0.29) is 29.8 Å². The van der Waals surface area contributed by atoms with Crippen molar-refractivity contribution in [2.75, 3.05) is 6.61 Å². The maximum absolute atomic E-state index is 12.6. The molecule has 2 atom stereocenters. The van der Waals surface area contributed by atoms with E-state index in [2.05, 4.69) is 19.0 Å². The summed E-state index contributed by atoms with van der Waals surface area (Å²) in [6.45, 7) is 5.02. The van der Waals surface area contributed by atoms with Gasteiger partial charge in [-0.3, -0.25) is 4.79 Å². The van der Waals surface area contributed by atoms with Gasteiger partial charge in [-0.25, -0.2) is 0 Å².